The fourth-order valence-electron chi connectivity index (χ4n) is 3.61. The average Bonchev–Trinajstić information content (AvgIpc) is 3.43. The molecule has 0 fully saturated rings. The molecule has 2 heterocycles. The number of aromatic amines is 1. The quantitative estimate of drug-likeness (QED) is 0.455. The van der Waals surface area contributed by atoms with Crippen LogP contribution in [-0.4, -0.2) is 46.5 Å². The van der Waals surface area contributed by atoms with Crippen molar-refractivity contribution in [3.05, 3.63) is 66.1 Å². The van der Waals surface area contributed by atoms with Crippen LogP contribution in [0.5, 0.6) is 5.75 Å². The van der Waals surface area contributed by atoms with Crippen molar-refractivity contribution in [1.29, 1.82) is 0 Å². The summed E-state index contributed by atoms with van der Waals surface area (Å²) in [5.74, 6) is 1.21. The van der Waals surface area contributed by atoms with Crippen LogP contribution in [0.4, 0.5) is 0 Å². The van der Waals surface area contributed by atoms with Crippen LogP contribution in [0.25, 0.3) is 22.3 Å². The highest BCUT2D eigenvalue weighted by Gasteiger charge is 2.20. The van der Waals surface area contributed by atoms with Crippen LogP contribution in [0.3, 0.4) is 0 Å². The Balaban J connectivity index is 1.56. The molecule has 1 unspecified atom stereocenters. The number of para-hydroxylation sites is 3. The zero-order valence-electron chi connectivity index (χ0n) is 17.8. The molecule has 0 saturated carbocycles. The molecular formula is C23H25N5O3. The molecule has 2 aromatic carbocycles. The van der Waals surface area contributed by atoms with Gasteiger partial charge in [-0.05, 0) is 37.3 Å². The molecule has 2 N–H and O–H groups in total. The number of aromatic nitrogens is 4. The van der Waals surface area contributed by atoms with Gasteiger partial charge >= 0.3 is 0 Å². The van der Waals surface area contributed by atoms with Gasteiger partial charge < -0.3 is 19.4 Å². The first kappa shape index (κ1) is 20.6. The fourth-order valence-corrected chi connectivity index (χ4v) is 3.61. The van der Waals surface area contributed by atoms with E-state index < -0.39 is 0 Å². The summed E-state index contributed by atoms with van der Waals surface area (Å²) < 4.78 is 12.7. The smallest absolute Gasteiger partial charge is 0.269 e. The van der Waals surface area contributed by atoms with E-state index in [-0.39, 0.29) is 11.9 Å². The van der Waals surface area contributed by atoms with Gasteiger partial charge in [0.05, 0.1) is 36.5 Å². The van der Waals surface area contributed by atoms with E-state index >= 15 is 0 Å². The Morgan fingerprint density at radius 1 is 1.16 bits per heavy atom. The van der Waals surface area contributed by atoms with E-state index in [1.54, 1.807) is 20.3 Å². The van der Waals surface area contributed by atoms with E-state index in [0.29, 0.717) is 30.3 Å². The maximum Gasteiger partial charge on any atom is 0.269 e. The zero-order chi connectivity index (χ0) is 21.8. The number of nitrogens with zero attached hydrogens (tertiary/aromatic N) is 3. The summed E-state index contributed by atoms with van der Waals surface area (Å²) in [7, 11) is 3.28. The van der Waals surface area contributed by atoms with Gasteiger partial charge in [0.15, 0.2) is 0 Å². The minimum absolute atomic E-state index is 0.258. The van der Waals surface area contributed by atoms with E-state index in [0.717, 1.165) is 22.4 Å². The first-order valence-corrected chi connectivity index (χ1v) is 10.1. The second-order valence-electron chi connectivity index (χ2n) is 7.17. The number of fused-ring (bicyclic) bond motifs is 1. The standard InChI is InChI=1S/C23H25N5O3/c1-15(22-25-17-9-5-6-10-20(17)28(22)12-13-30-2)24-23(29)19-14-18(26-27-19)16-8-4-7-11-21(16)31-3/h4-11,14-15H,12-13H2,1-3H3,(H,24,29)(H,26,27). The van der Waals surface area contributed by atoms with Gasteiger partial charge in [0.1, 0.15) is 17.3 Å². The summed E-state index contributed by atoms with van der Waals surface area (Å²) in [5.41, 5.74) is 3.72. The minimum Gasteiger partial charge on any atom is -0.496 e. The molecule has 1 amide bonds. The van der Waals surface area contributed by atoms with Crippen molar-refractivity contribution >= 4 is 16.9 Å². The Hall–Kier alpha value is -3.65. The van der Waals surface area contributed by atoms with E-state index in [1.807, 2.05) is 55.5 Å². The molecule has 0 bridgehead atoms. The lowest BCUT2D eigenvalue weighted by Gasteiger charge is -2.15. The van der Waals surface area contributed by atoms with Crippen molar-refractivity contribution in [3.8, 4) is 17.0 Å². The Morgan fingerprint density at radius 3 is 2.74 bits per heavy atom. The Bertz CT molecular complexity index is 1200. The van der Waals surface area contributed by atoms with Crippen molar-refractivity contribution in [2.75, 3.05) is 20.8 Å². The highest BCUT2D eigenvalue weighted by atomic mass is 16.5. The van der Waals surface area contributed by atoms with Gasteiger partial charge in [0.2, 0.25) is 0 Å². The van der Waals surface area contributed by atoms with Gasteiger partial charge in [-0.3, -0.25) is 9.89 Å². The van der Waals surface area contributed by atoms with E-state index in [2.05, 4.69) is 20.1 Å². The van der Waals surface area contributed by atoms with Crippen molar-refractivity contribution in [1.82, 2.24) is 25.1 Å². The Kier molecular flexibility index (Phi) is 5.99. The van der Waals surface area contributed by atoms with Crippen LogP contribution >= 0.6 is 0 Å². The number of carbonyl (C=O) groups is 1. The van der Waals surface area contributed by atoms with Crippen molar-refractivity contribution in [3.63, 3.8) is 0 Å². The third-order valence-corrected chi connectivity index (χ3v) is 5.14. The number of ether oxygens (including phenoxy) is 2. The third-order valence-electron chi connectivity index (χ3n) is 5.14. The van der Waals surface area contributed by atoms with Gasteiger partial charge in [-0.25, -0.2) is 4.98 Å². The van der Waals surface area contributed by atoms with Crippen LogP contribution in [-0.2, 0) is 11.3 Å². The topological polar surface area (TPSA) is 94.1 Å². The Morgan fingerprint density at radius 2 is 1.94 bits per heavy atom. The largest absolute Gasteiger partial charge is 0.496 e. The average molecular weight is 419 g/mol. The molecule has 160 valence electrons. The number of rotatable bonds is 8. The SMILES string of the molecule is COCCn1c(C(C)NC(=O)c2cc(-c3ccccc3OC)n[nH]2)nc2ccccc21. The van der Waals surface area contributed by atoms with Gasteiger partial charge in [-0.15, -0.1) is 0 Å². The maximum absolute atomic E-state index is 12.9. The summed E-state index contributed by atoms with van der Waals surface area (Å²) >= 11 is 0. The second kappa shape index (κ2) is 9.01. The van der Waals surface area contributed by atoms with Gasteiger partial charge in [0, 0.05) is 19.2 Å². The molecule has 0 saturated heterocycles. The molecule has 31 heavy (non-hydrogen) atoms. The van der Waals surface area contributed by atoms with Crippen LogP contribution < -0.4 is 10.1 Å². The zero-order valence-corrected chi connectivity index (χ0v) is 17.8. The lowest BCUT2D eigenvalue weighted by molar-refractivity contribution is 0.0932. The summed E-state index contributed by atoms with van der Waals surface area (Å²) in [6.45, 7) is 3.12. The molecule has 8 nitrogen and oxygen atoms in total. The lowest BCUT2D eigenvalue weighted by atomic mass is 10.1. The molecule has 0 radical (unpaired) electrons. The predicted octanol–water partition coefficient (Wildman–Crippen LogP) is 3.57. The van der Waals surface area contributed by atoms with Gasteiger partial charge in [0.25, 0.3) is 5.91 Å². The number of imidazole rings is 1. The number of hydrogen-bond donors (Lipinski definition) is 2. The summed E-state index contributed by atoms with van der Waals surface area (Å²) in [5, 5.41) is 10.1. The predicted molar refractivity (Wildman–Crippen MR) is 118 cm³/mol. The molecule has 0 aliphatic carbocycles. The molecule has 1 atom stereocenters. The number of H-pyrrole nitrogens is 1. The number of hydrogen-bond acceptors (Lipinski definition) is 5. The van der Waals surface area contributed by atoms with Gasteiger partial charge in [-0.1, -0.05) is 24.3 Å². The van der Waals surface area contributed by atoms with Crippen molar-refractivity contribution in [2.24, 2.45) is 0 Å². The fraction of sp³-hybridized carbons (Fsp3) is 0.261. The molecular weight excluding hydrogens is 394 g/mol. The van der Waals surface area contributed by atoms with Gasteiger partial charge in [-0.2, -0.15) is 5.10 Å². The monoisotopic (exact) mass is 419 g/mol. The molecule has 0 aliphatic heterocycles. The summed E-state index contributed by atoms with van der Waals surface area (Å²) in [6.07, 6.45) is 0. The lowest BCUT2D eigenvalue weighted by Crippen LogP contribution is -2.29. The number of carbonyl (C=O) groups excluding carboxylic acids is 1. The molecule has 0 aliphatic rings. The first-order chi connectivity index (χ1) is 15.1. The number of methoxy groups -OCH3 is 2. The highest BCUT2D eigenvalue weighted by Crippen LogP contribution is 2.28. The highest BCUT2D eigenvalue weighted by molar-refractivity contribution is 5.93. The summed E-state index contributed by atoms with van der Waals surface area (Å²) in [4.78, 5) is 17.6. The minimum atomic E-state index is -0.310. The maximum atomic E-state index is 12.9. The molecule has 4 aromatic rings. The molecule has 2 aromatic heterocycles. The van der Waals surface area contributed by atoms with Crippen LogP contribution in [0, 0.1) is 0 Å². The van der Waals surface area contributed by atoms with E-state index in [9.17, 15) is 4.79 Å². The van der Waals surface area contributed by atoms with E-state index in [1.165, 1.54) is 0 Å². The normalized spacial score (nSPS) is 12.1. The number of nitrogens with one attached hydrogen (secondary N) is 2. The number of amides is 1. The molecule has 0 spiro atoms. The number of benzene rings is 2. The van der Waals surface area contributed by atoms with E-state index in [4.69, 9.17) is 14.5 Å². The van der Waals surface area contributed by atoms with Crippen molar-refractivity contribution in [2.45, 2.75) is 19.5 Å². The van der Waals surface area contributed by atoms with Crippen LogP contribution in [0.15, 0.2) is 54.6 Å². The van der Waals surface area contributed by atoms with Crippen molar-refractivity contribution < 1.29 is 14.3 Å². The third kappa shape index (κ3) is 4.15. The first-order valence-electron chi connectivity index (χ1n) is 10.1. The van der Waals surface area contributed by atoms with Crippen LogP contribution in [0.2, 0.25) is 0 Å². The Labute approximate surface area is 180 Å². The molecule has 4 rings (SSSR count). The second-order valence-corrected chi connectivity index (χ2v) is 7.17. The molecule has 8 heteroatoms. The van der Waals surface area contributed by atoms with Crippen LogP contribution in [0.1, 0.15) is 29.3 Å². The summed E-state index contributed by atoms with van der Waals surface area (Å²) in [6, 6.07) is 16.9.